The van der Waals surface area contributed by atoms with Gasteiger partial charge in [-0.2, -0.15) is 0 Å². The molecule has 41 heavy (non-hydrogen) atoms. The molecule has 9 nitrogen and oxygen atoms in total. The van der Waals surface area contributed by atoms with E-state index in [0.717, 1.165) is 16.9 Å². The van der Waals surface area contributed by atoms with E-state index in [0.29, 0.717) is 19.6 Å². The molecule has 0 aromatic heterocycles. The number of nitrogens with one attached hydrogen (secondary N) is 1. The first-order chi connectivity index (χ1) is 19.5. The van der Waals surface area contributed by atoms with Crippen LogP contribution in [-0.4, -0.2) is 75.2 Å². The Morgan fingerprint density at radius 1 is 1.12 bits per heavy atom. The van der Waals surface area contributed by atoms with Gasteiger partial charge in [0.15, 0.2) is 5.75 Å². The maximum Gasteiger partial charge on any atom is 0.262 e. The number of methoxy groups -OCH3 is 1. The SMILES string of the molecule is COc1ccc(CN(C)C[C@@H]2Oc3c(NS(=O)(=O)c4ccc(C)cc4)cccc3C(=O)N([C@@H](C)CO)C[C@H]2C)cc1. The number of ether oxygens (including phenoxy) is 2. The largest absolute Gasteiger partial charge is 0.497 e. The quantitative estimate of drug-likeness (QED) is 0.370. The number of hydrogen-bond acceptors (Lipinski definition) is 7. The number of rotatable bonds is 10. The molecule has 0 saturated carbocycles. The van der Waals surface area contributed by atoms with Crippen molar-refractivity contribution in [2.75, 3.05) is 38.6 Å². The van der Waals surface area contributed by atoms with Crippen molar-refractivity contribution in [3.05, 3.63) is 83.4 Å². The first kappa shape index (κ1) is 30.4. The average Bonchev–Trinajstić information content (AvgIpc) is 2.95. The molecule has 0 fully saturated rings. The van der Waals surface area contributed by atoms with Gasteiger partial charge < -0.3 is 19.5 Å². The third-order valence-electron chi connectivity index (χ3n) is 7.37. The zero-order valence-electron chi connectivity index (χ0n) is 24.2. The number of likely N-dealkylation sites (N-methyl/N-ethyl adjacent to an activating group) is 1. The Morgan fingerprint density at radius 2 is 1.80 bits per heavy atom. The predicted molar refractivity (Wildman–Crippen MR) is 159 cm³/mol. The lowest BCUT2D eigenvalue weighted by atomic mass is 9.99. The van der Waals surface area contributed by atoms with Crippen LogP contribution in [-0.2, 0) is 16.6 Å². The number of benzene rings is 3. The first-order valence-corrected chi connectivity index (χ1v) is 15.1. The van der Waals surface area contributed by atoms with Crippen LogP contribution in [0.4, 0.5) is 5.69 Å². The highest BCUT2D eigenvalue weighted by Crippen LogP contribution is 2.36. The summed E-state index contributed by atoms with van der Waals surface area (Å²) in [5.41, 5.74) is 2.47. The van der Waals surface area contributed by atoms with Gasteiger partial charge in [0.2, 0.25) is 0 Å². The number of aliphatic hydroxyl groups excluding tert-OH is 1. The lowest BCUT2D eigenvalue weighted by molar-refractivity contribution is 0.0344. The van der Waals surface area contributed by atoms with E-state index in [1.54, 1.807) is 61.4 Å². The summed E-state index contributed by atoms with van der Waals surface area (Å²) in [6.07, 6.45) is -0.386. The number of para-hydroxylation sites is 1. The minimum absolute atomic E-state index is 0.109. The van der Waals surface area contributed by atoms with Crippen LogP contribution < -0.4 is 14.2 Å². The summed E-state index contributed by atoms with van der Waals surface area (Å²) in [5, 5.41) is 9.93. The molecule has 10 heteroatoms. The molecular formula is C31H39N3O6S. The highest BCUT2D eigenvalue weighted by molar-refractivity contribution is 7.92. The number of sulfonamides is 1. The molecule has 3 aromatic rings. The van der Waals surface area contributed by atoms with Crippen LogP contribution in [0.25, 0.3) is 0 Å². The Hall–Kier alpha value is -3.60. The van der Waals surface area contributed by atoms with Crippen LogP contribution in [0.5, 0.6) is 11.5 Å². The van der Waals surface area contributed by atoms with Crippen molar-refractivity contribution in [2.24, 2.45) is 5.92 Å². The van der Waals surface area contributed by atoms with Crippen LogP contribution in [0.1, 0.15) is 35.3 Å². The maximum absolute atomic E-state index is 13.7. The highest BCUT2D eigenvalue weighted by atomic mass is 32.2. The van der Waals surface area contributed by atoms with Crippen molar-refractivity contribution in [1.82, 2.24) is 9.80 Å². The number of hydrogen-bond donors (Lipinski definition) is 2. The van der Waals surface area contributed by atoms with Crippen molar-refractivity contribution >= 4 is 21.6 Å². The zero-order chi connectivity index (χ0) is 29.7. The fraction of sp³-hybridized carbons (Fsp3) is 0.387. The van der Waals surface area contributed by atoms with Gasteiger partial charge in [-0.1, -0.05) is 42.8 Å². The van der Waals surface area contributed by atoms with Gasteiger partial charge in [0.05, 0.1) is 35.9 Å². The molecule has 0 saturated heterocycles. The molecule has 2 N–H and O–H groups in total. The standard InChI is InChI=1S/C31H39N3O6S/c1-21-9-15-26(16-10-21)41(37,38)32-28-8-6-7-27-30(28)40-29(22(2)17-34(31(27)36)23(3)20-35)19-33(4)18-24-11-13-25(39-5)14-12-24/h6-16,22-23,29,32,35H,17-20H2,1-5H3/t22-,23+,29+/m1/s1. The monoisotopic (exact) mass is 581 g/mol. The van der Waals surface area contributed by atoms with Crippen molar-refractivity contribution < 1.29 is 27.8 Å². The van der Waals surface area contributed by atoms with E-state index in [1.165, 1.54) is 0 Å². The number of anilines is 1. The Bertz CT molecular complexity index is 1440. The minimum atomic E-state index is -3.95. The van der Waals surface area contributed by atoms with Crippen LogP contribution in [0.2, 0.25) is 0 Å². The number of aliphatic hydroxyl groups is 1. The molecule has 1 heterocycles. The third kappa shape index (κ3) is 7.19. The van der Waals surface area contributed by atoms with Crippen LogP contribution in [0.15, 0.2) is 71.6 Å². The fourth-order valence-corrected chi connectivity index (χ4v) is 5.94. The summed E-state index contributed by atoms with van der Waals surface area (Å²) in [6.45, 7) is 7.02. The molecule has 220 valence electrons. The van der Waals surface area contributed by atoms with E-state index in [1.807, 2.05) is 45.2 Å². The average molecular weight is 582 g/mol. The molecular weight excluding hydrogens is 542 g/mol. The van der Waals surface area contributed by atoms with Crippen LogP contribution in [0, 0.1) is 12.8 Å². The number of aryl methyl sites for hydroxylation is 1. The molecule has 1 aliphatic rings. The van der Waals surface area contributed by atoms with Crippen molar-refractivity contribution in [2.45, 2.75) is 44.4 Å². The third-order valence-corrected chi connectivity index (χ3v) is 8.75. The van der Waals surface area contributed by atoms with Gasteiger partial charge in [0, 0.05) is 25.6 Å². The number of nitrogens with zero attached hydrogens (tertiary/aromatic N) is 2. The predicted octanol–water partition coefficient (Wildman–Crippen LogP) is 4.16. The summed E-state index contributed by atoms with van der Waals surface area (Å²) < 4.78 is 41.1. The van der Waals surface area contributed by atoms with E-state index in [4.69, 9.17) is 9.47 Å². The van der Waals surface area contributed by atoms with Crippen LogP contribution in [0.3, 0.4) is 0 Å². The van der Waals surface area contributed by atoms with Crippen molar-refractivity contribution in [3.63, 3.8) is 0 Å². The first-order valence-electron chi connectivity index (χ1n) is 13.6. The molecule has 0 spiro atoms. The molecule has 0 radical (unpaired) electrons. The zero-order valence-corrected chi connectivity index (χ0v) is 25.0. The van der Waals surface area contributed by atoms with Gasteiger partial charge in [0.1, 0.15) is 11.9 Å². The second-order valence-electron chi connectivity index (χ2n) is 10.8. The molecule has 1 aliphatic heterocycles. The molecule has 3 atom stereocenters. The Kier molecular flexibility index (Phi) is 9.57. The molecule has 0 aliphatic carbocycles. The van der Waals surface area contributed by atoms with Gasteiger partial charge in [-0.25, -0.2) is 8.42 Å². The number of carbonyl (C=O) groups is 1. The van der Waals surface area contributed by atoms with Gasteiger partial charge in [-0.15, -0.1) is 0 Å². The summed E-state index contributed by atoms with van der Waals surface area (Å²) in [4.78, 5) is 17.6. The van der Waals surface area contributed by atoms with Gasteiger partial charge in [0.25, 0.3) is 15.9 Å². The lowest BCUT2D eigenvalue weighted by Crippen LogP contribution is -2.49. The Labute approximate surface area is 242 Å². The molecule has 4 rings (SSSR count). The van der Waals surface area contributed by atoms with E-state index in [9.17, 15) is 18.3 Å². The smallest absolute Gasteiger partial charge is 0.262 e. The summed E-state index contributed by atoms with van der Waals surface area (Å²) >= 11 is 0. The molecule has 3 aromatic carbocycles. The van der Waals surface area contributed by atoms with E-state index < -0.39 is 16.1 Å². The maximum atomic E-state index is 13.7. The Balaban J connectivity index is 1.68. The Morgan fingerprint density at radius 3 is 2.44 bits per heavy atom. The number of carbonyl (C=O) groups excluding carboxylic acids is 1. The second kappa shape index (κ2) is 12.9. The number of amides is 1. The summed E-state index contributed by atoms with van der Waals surface area (Å²) in [7, 11) is -0.329. The molecule has 0 bridgehead atoms. The minimum Gasteiger partial charge on any atom is -0.497 e. The van der Waals surface area contributed by atoms with E-state index in [2.05, 4.69) is 9.62 Å². The molecule has 1 amide bonds. The van der Waals surface area contributed by atoms with Gasteiger partial charge in [-0.05, 0) is 62.9 Å². The number of fused-ring (bicyclic) bond motifs is 1. The van der Waals surface area contributed by atoms with E-state index >= 15 is 0 Å². The highest BCUT2D eigenvalue weighted by Gasteiger charge is 2.35. The van der Waals surface area contributed by atoms with Crippen LogP contribution >= 0.6 is 0 Å². The fourth-order valence-electron chi connectivity index (χ4n) is 4.88. The lowest BCUT2D eigenvalue weighted by Gasteiger charge is -2.38. The topological polar surface area (TPSA) is 108 Å². The second-order valence-corrected chi connectivity index (χ2v) is 12.5. The summed E-state index contributed by atoms with van der Waals surface area (Å²) in [5.74, 6) is 0.516. The van der Waals surface area contributed by atoms with Gasteiger partial charge >= 0.3 is 0 Å². The summed E-state index contributed by atoms with van der Waals surface area (Å²) in [6, 6.07) is 18.8. The van der Waals surface area contributed by atoms with Crippen molar-refractivity contribution in [3.8, 4) is 11.5 Å². The van der Waals surface area contributed by atoms with Crippen molar-refractivity contribution in [1.29, 1.82) is 0 Å². The van der Waals surface area contributed by atoms with E-state index in [-0.39, 0.29) is 46.4 Å². The normalized spacial score (nSPS) is 18.2. The van der Waals surface area contributed by atoms with Gasteiger partial charge in [-0.3, -0.25) is 14.4 Å². The molecule has 0 unspecified atom stereocenters.